The normalized spacial score (nSPS) is 19.6. The van der Waals surface area contributed by atoms with E-state index in [2.05, 4.69) is 20.9 Å². The van der Waals surface area contributed by atoms with Gasteiger partial charge in [0.2, 0.25) is 5.91 Å². The van der Waals surface area contributed by atoms with Crippen LogP contribution in [0.1, 0.15) is 45.0 Å². The van der Waals surface area contributed by atoms with Crippen LogP contribution in [0.15, 0.2) is 5.16 Å². The molecule has 138 valence electrons. The summed E-state index contributed by atoms with van der Waals surface area (Å²) in [5.74, 6) is 0.132. The Hall–Kier alpha value is -1.52. The predicted octanol–water partition coefficient (Wildman–Crippen LogP) is 2.83. The van der Waals surface area contributed by atoms with Crippen molar-refractivity contribution in [3.63, 3.8) is 0 Å². The Morgan fingerprint density at radius 1 is 1.56 bits per heavy atom. The molecule has 1 aromatic heterocycles. The molecule has 2 rings (SSSR count). The molecule has 0 saturated carbocycles. The number of hydrogen-bond donors (Lipinski definition) is 1. The van der Waals surface area contributed by atoms with Crippen LogP contribution in [0.3, 0.4) is 0 Å². The van der Waals surface area contributed by atoms with E-state index in [1.54, 1.807) is 6.92 Å². The highest BCUT2D eigenvalue weighted by molar-refractivity contribution is 7.99. The first kappa shape index (κ1) is 19.8. The standard InChI is InChI=1S/C18H28N4O2S/c1-12(2)18(5,11-19)21-16(23)10-25-17-20-13(3)14(4)22(17)9-15-7-6-8-24-15/h12,15H,6-10H2,1-5H3,(H,21,23). The van der Waals surface area contributed by atoms with E-state index in [1.165, 1.54) is 11.8 Å². The van der Waals surface area contributed by atoms with Gasteiger partial charge >= 0.3 is 0 Å². The topological polar surface area (TPSA) is 79.9 Å². The van der Waals surface area contributed by atoms with E-state index in [-0.39, 0.29) is 23.7 Å². The highest BCUT2D eigenvalue weighted by Crippen LogP contribution is 2.24. The molecule has 7 heteroatoms. The number of nitrogens with zero attached hydrogens (tertiary/aromatic N) is 3. The van der Waals surface area contributed by atoms with Gasteiger partial charge in [-0.1, -0.05) is 25.6 Å². The van der Waals surface area contributed by atoms with Crippen LogP contribution >= 0.6 is 11.8 Å². The molecule has 1 aliphatic rings. The summed E-state index contributed by atoms with van der Waals surface area (Å²) in [5, 5.41) is 13.0. The largest absolute Gasteiger partial charge is 0.376 e. The monoisotopic (exact) mass is 364 g/mol. The lowest BCUT2D eigenvalue weighted by atomic mass is 9.90. The summed E-state index contributed by atoms with van der Waals surface area (Å²) in [7, 11) is 0. The summed E-state index contributed by atoms with van der Waals surface area (Å²) in [6.45, 7) is 11.2. The van der Waals surface area contributed by atoms with Crippen LogP contribution in [0.2, 0.25) is 0 Å². The maximum Gasteiger partial charge on any atom is 0.231 e. The molecule has 25 heavy (non-hydrogen) atoms. The van der Waals surface area contributed by atoms with Crippen molar-refractivity contribution in [1.29, 1.82) is 5.26 Å². The zero-order chi connectivity index (χ0) is 18.6. The van der Waals surface area contributed by atoms with Crippen LogP contribution in [0.25, 0.3) is 0 Å². The Bertz CT molecular complexity index is 659. The van der Waals surface area contributed by atoms with Crippen molar-refractivity contribution in [2.75, 3.05) is 12.4 Å². The van der Waals surface area contributed by atoms with Gasteiger partial charge in [-0.05, 0) is 39.5 Å². The molecule has 1 aliphatic heterocycles. The summed E-state index contributed by atoms with van der Waals surface area (Å²) in [6, 6.07) is 2.20. The predicted molar refractivity (Wildman–Crippen MR) is 98.4 cm³/mol. The van der Waals surface area contributed by atoms with E-state index in [9.17, 15) is 10.1 Å². The molecular formula is C18H28N4O2S. The third-order valence-electron chi connectivity index (χ3n) is 4.95. The zero-order valence-electron chi connectivity index (χ0n) is 15.8. The summed E-state index contributed by atoms with van der Waals surface area (Å²) < 4.78 is 7.88. The van der Waals surface area contributed by atoms with Crippen LogP contribution in [0.4, 0.5) is 0 Å². The molecular weight excluding hydrogens is 336 g/mol. The van der Waals surface area contributed by atoms with Crippen LogP contribution in [-0.2, 0) is 16.1 Å². The quantitative estimate of drug-likeness (QED) is 0.753. The lowest BCUT2D eigenvalue weighted by Crippen LogP contribution is -2.49. The Kier molecular flexibility index (Phi) is 6.53. The minimum absolute atomic E-state index is 0.0393. The van der Waals surface area contributed by atoms with E-state index in [1.807, 2.05) is 27.7 Å². The van der Waals surface area contributed by atoms with Gasteiger partial charge in [-0.2, -0.15) is 5.26 Å². The Labute approximate surface area is 154 Å². The van der Waals surface area contributed by atoms with Crippen LogP contribution in [-0.4, -0.2) is 39.5 Å². The molecule has 6 nitrogen and oxygen atoms in total. The number of carbonyl (C=O) groups is 1. The van der Waals surface area contributed by atoms with E-state index in [4.69, 9.17) is 4.74 Å². The van der Waals surface area contributed by atoms with Crippen molar-refractivity contribution in [2.45, 2.75) is 70.8 Å². The van der Waals surface area contributed by atoms with E-state index in [0.29, 0.717) is 0 Å². The van der Waals surface area contributed by atoms with Crippen molar-refractivity contribution in [1.82, 2.24) is 14.9 Å². The van der Waals surface area contributed by atoms with Crippen molar-refractivity contribution in [3.05, 3.63) is 11.4 Å². The molecule has 1 saturated heterocycles. The number of aromatic nitrogens is 2. The first-order valence-corrected chi connectivity index (χ1v) is 9.75. The van der Waals surface area contributed by atoms with E-state index < -0.39 is 5.54 Å². The first-order chi connectivity index (χ1) is 11.8. The van der Waals surface area contributed by atoms with Crippen molar-refractivity contribution >= 4 is 17.7 Å². The number of nitriles is 1. The van der Waals surface area contributed by atoms with Gasteiger partial charge in [-0.15, -0.1) is 0 Å². The smallest absolute Gasteiger partial charge is 0.231 e. The highest BCUT2D eigenvalue weighted by Gasteiger charge is 2.30. The van der Waals surface area contributed by atoms with Gasteiger partial charge < -0.3 is 14.6 Å². The van der Waals surface area contributed by atoms with Gasteiger partial charge in [0.1, 0.15) is 5.54 Å². The lowest BCUT2D eigenvalue weighted by molar-refractivity contribution is -0.120. The third kappa shape index (κ3) is 4.77. The molecule has 2 unspecified atom stereocenters. The number of ether oxygens (including phenoxy) is 1. The molecule has 2 atom stereocenters. The molecule has 1 aromatic rings. The third-order valence-corrected chi connectivity index (χ3v) is 5.93. The number of carbonyl (C=O) groups excluding carboxylic acids is 1. The lowest BCUT2D eigenvalue weighted by Gasteiger charge is -2.27. The van der Waals surface area contributed by atoms with Crippen molar-refractivity contribution in [2.24, 2.45) is 5.92 Å². The van der Waals surface area contributed by atoms with Crippen LogP contribution in [0, 0.1) is 31.1 Å². The number of amides is 1. The van der Waals surface area contributed by atoms with Gasteiger partial charge in [0.15, 0.2) is 5.16 Å². The average molecular weight is 365 g/mol. The summed E-state index contributed by atoms with van der Waals surface area (Å²) in [4.78, 5) is 16.9. The molecule has 0 bridgehead atoms. The summed E-state index contributed by atoms with van der Waals surface area (Å²) in [5.41, 5.74) is 1.24. The van der Waals surface area contributed by atoms with E-state index in [0.717, 1.165) is 42.5 Å². The summed E-state index contributed by atoms with van der Waals surface area (Å²) in [6.07, 6.45) is 2.39. The Morgan fingerprint density at radius 3 is 2.84 bits per heavy atom. The second-order valence-electron chi connectivity index (χ2n) is 7.12. The average Bonchev–Trinajstić information content (AvgIpc) is 3.16. The first-order valence-electron chi connectivity index (χ1n) is 8.77. The number of aryl methyl sites for hydroxylation is 1. The van der Waals surface area contributed by atoms with Crippen LogP contribution < -0.4 is 5.32 Å². The fraction of sp³-hybridized carbons (Fsp3) is 0.722. The molecule has 1 fully saturated rings. The second-order valence-corrected chi connectivity index (χ2v) is 8.06. The molecule has 1 amide bonds. The second kappa shape index (κ2) is 8.24. The maximum absolute atomic E-state index is 12.3. The number of hydrogen-bond acceptors (Lipinski definition) is 5. The fourth-order valence-electron chi connectivity index (χ4n) is 2.70. The van der Waals surface area contributed by atoms with Gasteiger partial charge in [0.25, 0.3) is 0 Å². The summed E-state index contributed by atoms with van der Waals surface area (Å²) >= 11 is 1.41. The fourth-order valence-corrected chi connectivity index (χ4v) is 3.60. The Balaban J connectivity index is 2.01. The maximum atomic E-state index is 12.3. The van der Waals surface area contributed by atoms with Gasteiger partial charge in [-0.25, -0.2) is 4.98 Å². The zero-order valence-corrected chi connectivity index (χ0v) is 16.6. The molecule has 0 radical (unpaired) electrons. The van der Waals surface area contributed by atoms with Crippen LogP contribution in [0.5, 0.6) is 0 Å². The molecule has 2 heterocycles. The molecule has 0 spiro atoms. The number of rotatable bonds is 7. The SMILES string of the molecule is Cc1nc(SCC(=O)NC(C)(C#N)C(C)C)n(CC2CCCO2)c1C. The van der Waals surface area contributed by atoms with Gasteiger partial charge in [-0.3, -0.25) is 4.79 Å². The minimum Gasteiger partial charge on any atom is -0.376 e. The van der Waals surface area contributed by atoms with Gasteiger partial charge in [0.05, 0.1) is 30.2 Å². The number of nitrogens with one attached hydrogen (secondary N) is 1. The van der Waals surface area contributed by atoms with E-state index >= 15 is 0 Å². The molecule has 1 N–H and O–H groups in total. The Morgan fingerprint density at radius 2 is 2.28 bits per heavy atom. The number of imidazole rings is 1. The minimum atomic E-state index is -0.851. The molecule has 0 aliphatic carbocycles. The van der Waals surface area contributed by atoms with Crippen molar-refractivity contribution < 1.29 is 9.53 Å². The van der Waals surface area contributed by atoms with Crippen molar-refractivity contribution in [3.8, 4) is 6.07 Å². The highest BCUT2D eigenvalue weighted by atomic mass is 32.2. The van der Waals surface area contributed by atoms with Gasteiger partial charge in [0, 0.05) is 12.3 Å². The molecule has 0 aromatic carbocycles. The number of thioether (sulfide) groups is 1.